The van der Waals surface area contributed by atoms with E-state index in [-0.39, 0.29) is 12.1 Å². The van der Waals surface area contributed by atoms with Crippen LogP contribution >= 0.6 is 0 Å². The zero-order valence-electron chi connectivity index (χ0n) is 10.2. The SMILES string of the molecule is CC(C)COCCC(=O)OCC1CCCO1. The van der Waals surface area contributed by atoms with Crippen molar-refractivity contribution < 1.29 is 19.0 Å². The van der Waals surface area contributed by atoms with Gasteiger partial charge < -0.3 is 14.2 Å². The van der Waals surface area contributed by atoms with Crippen molar-refractivity contribution in [3.63, 3.8) is 0 Å². The molecule has 0 aromatic carbocycles. The number of hydrogen-bond donors (Lipinski definition) is 0. The minimum atomic E-state index is -0.195. The van der Waals surface area contributed by atoms with E-state index in [0.717, 1.165) is 19.4 Å². The van der Waals surface area contributed by atoms with Crippen LogP contribution in [-0.4, -0.2) is 38.5 Å². The second kappa shape index (κ2) is 7.63. The number of carbonyl (C=O) groups excluding carboxylic acids is 1. The van der Waals surface area contributed by atoms with Crippen LogP contribution in [0.15, 0.2) is 0 Å². The molecule has 1 aliphatic heterocycles. The summed E-state index contributed by atoms with van der Waals surface area (Å²) in [6, 6.07) is 0. The van der Waals surface area contributed by atoms with E-state index < -0.39 is 0 Å². The van der Waals surface area contributed by atoms with E-state index in [1.807, 2.05) is 0 Å². The Labute approximate surface area is 97.2 Å². The molecule has 1 unspecified atom stereocenters. The van der Waals surface area contributed by atoms with Crippen molar-refractivity contribution >= 4 is 5.97 Å². The molecule has 1 heterocycles. The van der Waals surface area contributed by atoms with Gasteiger partial charge in [-0.3, -0.25) is 4.79 Å². The summed E-state index contributed by atoms with van der Waals surface area (Å²) < 4.78 is 15.7. The first-order valence-corrected chi connectivity index (χ1v) is 6.03. The van der Waals surface area contributed by atoms with Crippen molar-refractivity contribution in [2.45, 2.75) is 39.2 Å². The van der Waals surface area contributed by atoms with Crippen molar-refractivity contribution in [2.24, 2.45) is 5.92 Å². The molecule has 0 aromatic heterocycles. The normalized spacial score (nSPS) is 20.3. The molecule has 94 valence electrons. The van der Waals surface area contributed by atoms with E-state index in [9.17, 15) is 4.79 Å². The minimum absolute atomic E-state index is 0.112. The van der Waals surface area contributed by atoms with Gasteiger partial charge >= 0.3 is 5.97 Å². The topological polar surface area (TPSA) is 44.8 Å². The first-order valence-electron chi connectivity index (χ1n) is 6.03. The van der Waals surface area contributed by atoms with E-state index in [1.54, 1.807) is 0 Å². The predicted octanol–water partition coefficient (Wildman–Crippen LogP) is 1.77. The molecule has 1 fully saturated rings. The maximum Gasteiger partial charge on any atom is 0.308 e. The van der Waals surface area contributed by atoms with E-state index in [2.05, 4.69) is 13.8 Å². The molecule has 16 heavy (non-hydrogen) atoms. The first-order chi connectivity index (χ1) is 7.68. The number of hydrogen-bond acceptors (Lipinski definition) is 4. The molecule has 0 spiro atoms. The molecule has 0 saturated carbocycles. The second-order valence-corrected chi connectivity index (χ2v) is 4.54. The van der Waals surface area contributed by atoms with Gasteiger partial charge in [0.25, 0.3) is 0 Å². The highest BCUT2D eigenvalue weighted by atomic mass is 16.6. The van der Waals surface area contributed by atoms with Gasteiger partial charge in [0.05, 0.1) is 19.1 Å². The molecular weight excluding hydrogens is 208 g/mol. The zero-order chi connectivity index (χ0) is 11.8. The third-order valence-electron chi connectivity index (χ3n) is 2.36. The van der Waals surface area contributed by atoms with Gasteiger partial charge in [-0.05, 0) is 18.8 Å². The van der Waals surface area contributed by atoms with Gasteiger partial charge in [-0.15, -0.1) is 0 Å². The van der Waals surface area contributed by atoms with Crippen LogP contribution in [0.5, 0.6) is 0 Å². The summed E-state index contributed by atoms with van der Waals surface area (Å²) >= 11 is 0. The molecule has 0 aliphatic carbocycles. The van der Waals surface area contributed by atoms with Crippen LogP contribution in [-0.2, 0) is 19.0 Å². The molecule has 0 radical (unpaired) electrons. The second-order valence-electron chi connectivity index (χ2n) is 4.54. The van der Waals surface area contributed by atoms with E-state index in [1.165, 1.54) is 0 Å². The lowest BCUT2D eigenvalue weighted by molar-refractivity contribution is -0.148. The monoisotopic (exact) mass is 230 g/mol. The molecule has 1 rings (SSSR count). The molecule has 1 saturated heterocycles. The van der Waals surface area contributed by atoms with Crippen LogP contribution in [0.4, 0.5) is 0 Å². The maximum absolute atomic E-state index is 11.3. The summed E-state index contributed by atoms with van der Waals surface area (Å²) in [6.45, 7) is 6.48. The summed E-state index contributed by atoms with van der Waals surface area (Å²) in [6.07, 6.45) is 2.51. The Hall–Kier alpha value is -0.610. The highest BCUT2D eigenvalue weighted by Gasteiger charge is 2.17. The molecule has 4 nitrogen and oxygen atoms in total. The standard InChI is InChI=1S/C12H22O4/c1-10(2)8-14-7-5-12(13)16-9-11-4-3-6-15-11/h10-11H,3-9H2,1-2H3. The van der Waals surface area contributed by atoms with Gasteiger partial charge in [-0.2, -0.15) is 0 Å². The Bertz CT molecular complexity index is 197. The number of rotatable bonds is 7. The number of esters is 1. The van der Waals surface area contributed by atoms with Gasteiger partial charge in [-0.1, -0.05) is 13.8 Å². The highest BCUT2D eigenvalue weighted by Crippen LogP contribution is 2.12. The number of ether oxygens (including phenoxy) is 3. The van der Waals surface area contributed by atoms with Crippen LogP contribution in [0.25, 0.3) is 0 Å². The summed E-state index contributed by atoms with van der Waals surface area (Å²) in [5.41, 5.74) is 0. The Morgan fingerprint density at radius 2 is 2.31 bits per heavy atom. The quantitative estimate of drug-likeness (QED) is 0.494. The number of carbonyl (C=O) groups is 1. The Kier molecular flexibility index (Phi) is 6.42. The fraction of sp³-hybridized carbons (Fsp3) is 0.917. The largest absolute Gasteiger partial charge is 0.463 e. The van der Waals surface area contributed by atoms with Crippen molar-refractivity contribution in [1.82, 2.24) is 0 Å². The molecule has 1 atom stereocenters. The van der Waals surface area contributed by atoms with Crippen molar-refractivity contribution in [1.29, 1.82) is 0 Å². The van der Waals surface area contributed by atoms with Crippen LogP contribution in [0, 0.1) is 5.92 Å². The smallest absolute Gasteiger partial charge is 0.308 e. The van der Waals surface area contributed by atoms with Crippen LogP contribution in [0.1, 0.15) is 33.1 Å². The van der Waals surface area contributed by atoms with Gasteiger partial charge in [0, 0.05) is 13.2 Å². The molecule has 0 bridgehead atoms. The fourth-order valence-corrected chi connectivity index (χ4v) is 1.51. The zero-order valence-corrected chi connectivity index (χ0v) is 10.2. The lowest BCUT2D eigenvalue weighted by Gasteiger charge is -2.10. The average molecular weight is 230 g/mol. The van der Waals surface area contributed by atoms with Crippen LogP contribution in [0.2, 0.25) is 0 Å². The van der Waals surface area contributed by atoms with Crippen molar-refractivity contribution in [3.05, 3.63) is 0 Å². The third kappa shape index (κ3) is 6.08. The van der Waals surface area contributed by atoms with Crippen molar-refractivity contribution in [3.8, 4) is 0 Å². The minimum Gasteiger partial charge on any atom is -0.463 e. The molecule has 0 N–H and O–H groups in total. The lowest BCUT2D eigenvalue weighted by atomic mass is 10.2. The molecule has 0 aromatic rings. The van der Waals surface area contributed by atoms with Gasteiger partial charge in [0.1, 0.15) is 6.61 Å². The fourth-order valence-electron chi connectivity index (χ4n) is 1.51. The van der Waals surface area contributed by atoms with Crippen LogP contribution < -0.4 is 0 Å². The molecule has 4 heteroatoms. The lowest BCUT2D eigenvalue weighted by Crippen LogP contribution is -2.18. The van der Waals surface area contributed by atoms with Crippen molar-refractivity contribution in [2.75, 3.05) is 26.4 Å². The summed E-state index contributed by atoms with van der Waals surface area (Å²) in [7, 11) is 0. The van der Waals surface area contributed by atoms with Crippen LogP contribution in [0.3, 0.4) is 0 Å². The highest BCUT2D eigenvalue weighted by molar-refractivity contribution is 5.69. The van der Waals surface area contributed by atoms with E-state index in [4.69, 9.17) is 14.2 Å². The summed E-state index contributed by atoms with van der Waals surface area (Å²) in [5.74, 6) is 0.308. The maximum atomic E-state index is 11.3. The summed E-state index contributed by atoms with van der Waals surface area (Å²) in [4.78, 5) is 11.3. The molecule has 1 aliphatic rings. The van der Waals surface area contributed by atoms with Gasteiger partial charge in [0.2, 0.25) is 0 Å². The van der Waals surface area contributed by atoms with Gasteiger partial charge in [-0.25, -0.2) is 0 Å². The average Bonchev–Trinajstić information content (AvgIpc) is 2.74. The van der Waals surface area contributed by atoms with E-state index >= 15 is 0 Å². The van der Waals surface area contributed by atoms with E-state index in [0.29, 0.717) is 32.2 Å². The third-order valence-corrected chi connectivity index (χ3v) is 2.36. The Morgan fingerprint density at radius 1 is 1.50 bits per heavy atom. The predicted molar refractivity (Wildman–Crippen MR) is 60.2 cm³/mol. The Morgan fingerprint density at radius 3 is 2.94 bits per heavy atom. The molecular formula is C12H22O4. The summed E-state index contributed by atoms with van der Waals surface area (Å²) in [5, 5.41) is 0. The molecule has 0 amide bonds. The first kappa shape index (κ1) is 13.5. The van der Waals surface area contributed by atoms with Gasteiger partial charge in [0.15, 0.2) is 0 Å². The Balaban J connectivity index is 1.94.